The SMILES string of the molecule is c1ccc(-c2nc(-c3ccc4c5ccccc5n(-c5ccc6c7cccc8c9ccccc9n(c6c5)c87)c4c3)nc3c2oc2ccccc23)cc1. The molecule has 12 aromatic rings. The maximum absolute atomic E-state index is 6.39. The molecule has 5 heterocycles. The zero-order valence-corrected chi connectivity index (χ0v) is 27.2. The average molecular weight is 651 g/mol. The fourth-order valence-electron chi connectivity index (χ4n) is 8.46. The predicted octanol–water partition coefficient (Wildman–Crippen LogP) is 12.0. The van der Waals surface area contributed by atoms with Crippen LogP contribution in [0.3, 0.4) is 0 Å². The van der Waals surface area contributed by atoms with Gasteiger partial charge in [0.1, 0.15) is 16.8 Å². The first-order chi connectivity index (χ1) is 25.3. The summed E-state index contributed by atoms with van der Waals surface area (Å²) < 4.78 is 11.2. The van der Waals surface area contributed by atoms with Gasteiger partial charge in [-0.2, -0.15) is 0 Å². The highest BCUT2D eigenvalue weighted by Gasteiger charge is 2.21. The lowest BCUT2D eigenvalue weighted by molar-refractivity contribution is 0.667. The Morgan fingerprint density at radius 3 is 1.92 bits per heavy atom. The number of para-hydroxylation sites is 4. The highest BCUT2D eigenvalue weighted by Crippen LogP contribution is 2.42. The van der Waals surface area contributed by atoms with Crippen molar-refractivity contribution in [2.24, 2.45) is 0 Å². The lowest BCUT2D eigenvalue weighted by Crippen LogP contribution is -1.96. The van der Waals surface area contributed by atoms with Crippen LogP contribution in [-0.4, -0.2) is 18.9 Å². The number of hydrogen-bond acceptors (Lipinski definition) is 3. The molecule has 0 saturated heterocycles. The molecule has 51 heavy (non-hydrogen) atoms. The summed E-state index contributed by atoms with van der Waals surface area (Å²) in [4.78, 5) is 10.4. The molecule has 0 unspecified atom stereocenters. The van der Waals surface area contributed by atoms with Gasteiger partial charge in [0.2, 0.25) is 0 Å². The predicted molar refractivity (Wildman–Crippen MR) is 209 cm³/mol. The van der Waals surface area contributed by atoms with Gasteiger partial charge in [-0.3, -0.25) is 0 Å². The summed E-state index contributed by atoms with van der Waals surface area (Å²) in [5.41, 5.74) is 12.1. The molecule has 0 amide bonds. The monoisotopic (exact) mass is 650 g/mol. The molecule has 7 aromatic carbocycles. The van der Waals surface area contributed by atoms with Crippen LogP contribution in [-0.2, 0) is 0 Å². The van der Waals surface area contributed by atoms with Gasteiger partial charge < -0.3 is 13.4 Å². The van der Waals surface area contributed by atoms with Gasteiger partial charge >= 0.3 is 0 Å². The molecule has 12 rings (SSSR count). The maximum atomic E-state index is 6.39. The van der Waals surface area contributed by atoms with Crippen LogP contribution in [0.25, 0.3) is 110 Å². The van der Waals surface area contributed by atoms with Crippen LogP contribution in [0.5, 0.6) is 0 Å². The van der Waals surface area contributed by atoms with Gasteiger partial charge in [0.25, 0.3) is 0 Å². The van der Waals surface area contributed by atoms with Gasteiger partial charge in [-0.25, -0.2) is 9.97 Å². The Kier molecular flexibility index (Phi) is 5.17. The van der Waals surface area contributed by atoms with E-state index in [1.807, 2.05) is 36.4 Å². The van der Waals surface area contributed by atoms with Gasteiger partial charge in [0.05, 0.1) is 27.6 Å². The lowest BCUT2D eigenvalue weighted by Gasteiger charge is -2.10. The lowest BCUT2D eigenvalue weighted by atomic mass is 10.1. The van der Waals surface area contributed by atoms with E-state index < -0.39 is 0 Å². The summed E-state index contributed by atoms with van der Waals surface area (Å²) in [6.45, 7) is 0. The molecule has 0 atom stereocenters. The van der Waals surface area contributed by atoms with E-state index in [2.05, 4.69) is 130 Å². The highest BCUT2D eigenvalue weighted by atomic mass is 16.3. The second-order valence-corrected chi connectivity index (χ2v) is 13.4. The summed E-state index contributed by atoms with van der Waals surface area (Å²) >= 11 is 0. The Morgan fingerprint density at radius 2 is 1.08 bits per heavy atom. The highest BCUT2D eigenvalue weighted by molar-refractivity contribution is 6.23. The first-order valence-corrected chi connectivity index (χ1v) is 17.3. The Bertz CT molecular complexity index is 3370. The summed E-state index contributed by atoms with van der Waals surface area (Å²) in [6.07, 6.45) is 0. The smallest absolute Gasteiger partial charge is 0.180 e. The fourth-order valence-corrected chi connectivity index (χ4v) is 8.46. The minimum Gasteiger partial charge on any atom is -0.452 e. The van der Waals surface area contributed by atoms with Crippen molar-refractivity contribution >= 4 is 82.0 Å². The van der Waals surface area contributed by atoms with Gasteiger partial charge in [-0.15, -0.1) is 0 Å². The first-order valence-electron chi connectivity index (χ1n) is 17.3. The van der Waals surface area contributed by atoms with E-state index in [4.69, 9.17) is 14.4 Å². The van der Waals surface area contributed by atoms with Crippen LogP contribution < -0.4 is 0 Å². The first kappa shape index (κ1) is 26.9. The van der Waals surface area contributed by atoms with Crippen molar-refractivity contribution in [1.29, 1.82) is 0 Å². The second kappa shape index (κ2) is 9.80. The minimum atomic E-state index is 0.664. The third-order valence-electron chi connectivity index (χ3n) is 10.7. The molecule has 0 bridgehead atoms. The minimum absolute atomic E-state index is 0.664. The molecular formula is C46H26N4O. The zero-order valence-electron chi connectivity index (χ0n) is 27.2. The third-order valence-corrected chi connectivity index (χ3v) is 10.7. The normalized spacial score (nSPS) is 12.3. The molecule has 0 aliphatic rings. The van der Waals surface area contributed by atoms with Gasteiger partial charge in [0.15, 0.2) is 11.4 Å². The average Bonchev–Trinajstić information content (AvgIpc) is 3.93. The number of aromatic nitrogens is 4. The van der Waals surface area contributed by atoms with Crippen molar-refractivity contribution in [1.82, 2.24) is 18.9 Å². The van der Waals surface area contributed by atoms with Gasteiger partial charge in [0, 0.05) is 54.5 Å². The fraction of sp³-hybridized carbons (Fsp3) is 0. The number of benzene rings is 7. The quantitative estimate of drug-likeness (QED) is 0.191. The van der Waals surface area contributed by atoms with E-state index in [-0.39, 0.29) is 0 Å². The van der Waals surface area contributed by atoms with Crippen molar-refractivity contribution in [3.05, 3.63) is 158 Å². The Morgan fingerprint density at radius 1 is 0.431 bits per heavy atom. The van der Waals surface area contributed by atoms with Crippen LogP contribution in [0.15, 0.2) is 162 Å². The maximum Gasteiger partial charge on any atom is 0.180 e. The molecule has 0 radical (unpaired) electrons. The van der Waals surface area contributed by atoms with Crippen molar-refractivity contribution in [2.45, 2.75) is 0 Å². The number of rotatable bonds is 3. The van der Waals surface area contributed by atoms with Crippen molar-refractivity contribution in [3.63, 3.8) is 0 Å². The molecule has 0 N–H and O–H groups in total. The molecule has 0 aliphatic carbocycles. The molecule has 5 aromatic heterocycles. The van der Waals surface area contributed by atoms with E-state index in [1.165, 1.54) is 48.9 Å². The Balaban J connectivity index is 1.14. The van der Waals surface area contributed by atoms with Gasteiger partial charge in [-0.05, 0) is 42.5 Å². The molecule has 0 aliphatic heterocycles. The summed E-state index contributed by atoms with van der Waals surface area (Å²) in [6, 6.07) is 55.9. The Hall–Kier alpha value is -6.98. The van der Waals surface area contributed by atoms with Crippen molar-refractivity contribution in [2.75, 3.05) is 0 Å². The van der Waals surface area contributed by atoms with E-state index in [0.717, 1.165) is 50.0 Å². The molecule has 5 nitrogen and oxygen atoms in total. The largest absolute Gasteiger partial charge is 0.452 e. The summed E-state index contributed by atoms with van der Waals surface area (Å²) in [7, 11) is 0. The Labute approximate surface area is 290 Å². The topological polar surface area (TPSA) is 48.3 Å². The van der Waals surface area contributed by atoms with Crippen LogP contribution in [0.4, 0.5) is 0 Å². The number of nitrogens with zero attached hydrogens (tertiary/aromatic N) is 4. The standard InChI is InChI=1S/C46H26N4O/c1-2-11-27(12-3-1)42-45-43(36-15-6-9-20-41(36)51-45)48-46(47-42)28-21-23-32-30-13-4-7-18-37(30)49(39(32)25-28)29-22-24-33-35-17-10-16-34-31-14-5-8-19-38(31)50(44(34)35)40(33)26-29/h1-26H. The summed E-state index contributed by atoms with van der Waals surface area (Å²) in [5.74, 6) is 0.664. The van der Waals surface area contributed by atoms with Crippen molar-refractivity contribution in [3.8, 4) is 28.3 Å². The zero-order chi connectivity index (χ0) is 33.2. The molecule has 0 spiro atoms. The number of hydrogen-bond donors (Lipinski definition) is 0. The summed E-state index contributed by atoms with van der Waals surface area (Å²) in [5, 5.41) is 8.49. The van der Waals surface area contributed by atoms with Gasteiger partial charge in [-0.1, -0.05) is 115 Å². The van der Waals surface area contributed by atoms with E-state index in [9.17, 15) is 0 Å². The number of fused-ring (bicyclic) bond motifs is 12. The van der Waals surface area contributed by atoms with E-state index in [1.54, 1.807) is 0 Å². The van der Waals surface area contributed by atoms with Crippen LogP contribution in [0.2, 0.25) is 0 Å². The third kappa shape index (κ3) is 3.59. The number of furan rings is 1. The van der Waals surface area contributed by atoms with Crippen molar-refractivity contribution < 1.29 is 4.42 Å². The van der Waals surface area contributed by atoms with Crippen LogP contribution in [0.1, 0.15) is 0 Å². The molecule has 0 fully saturated rings. The molecular weight excluding hydrogens is 625 g/mol. The van der Waals surface area contributed by atoms with E-state index >= 15 is 0 Å². The molecule has 0 saturated carbocycles. The van der Waals surface area contributed by atoms with E-state index in [0.29, 0.717) is 11.4 Å². The molecule has 5 heteroatoms. The second-order valence-electron chi connectivity index (χ2n) is 13.4. The van der Waals surface area contributed by atoms with Crippen LogP contribution in [0, 0.1) is 0 Å². The molecule has 236 valence electrons. The van der Waals surface area contributed by atoms with Crippen LogP contribution >= 0.6 is 0 Å².